The van der Waals surface area contributed by atoms with Gasteiger partial charge >= 0.3 is 5.97 Å². The van der Waals surface area contributed by atoms with Crippen molar-refractivity contribution in [3.63, 3.8) is 0 Å². The Hall–Kier alpha value is -2.20. The van der Waals surface area contributed by atoms with Crippen LogP contribution in [0.2, 0.25) is 0 Å². The van der Waals surface area contributed by atoms with E-state index < -0.39 is 48.4 Å². The van der Waals surface area contributed by atoms with Crippen molar-refractivity contribution in [3.8, 4) is 0 Å². The lowest BCUT2D eigenvalue weighted by atomic mass is 10.2. The molecule has 0 rings (SSSR count). The average Bonchev–Trinajstić information content (AvgIpc) is 2.40. The summed E-state index contributed by atoms with van der Waals surface area (Å²) in [5.41, 5.74) is 5.28. The maximum Gasteiger partial charge on any atom is 0.328 e. The van der Waals surface area contributed by atoms with E-state index in [0.717, 1.165) is 0 Å². The molecule has 10 heteroatoms. The molecule has 0 aromatic rings. The number of hydrogen-bond acceptors (Lipinski definition) is 6. The molecule has 0 aromatic heterocycles. The number of aliphatic hydroxyl groups is 1. The molecule has 0 bridgehead atoms. The van der Waals surface area contributed by atoms with E-state index in [2.05, 4.69) is 10.6 Å². The van der Waals surface area contributed by atoms with Crippen molar-refractivity contribution in [1.29, 1.82) is 0 Å². The Kier molecular flexibility index (Phi) is 7.94. The van der Waals surface area contributed by atoms with Crippen molar-refractivity contribution in [3.05, 3.63) is 0 Å². The van der Waals surface area contributed by atoms with Gasteiger partial charge < -0.3 is 31.9 Å². The van der Waals surface area contributed by atoms with Gasteiger partial charge in [-0.2, -0.15) is 0 Å². The molecule has 0 aliphatic heterocycles. The van der Waals surface area contributed by atoms with Gasteiger partial charge in [-0.3, -0.25) is 14.4 Å². The average molecular weight is 304 g/mol. The second-order valence-corrected chi connectivity index (χ2v) is 4.38. The lowest BCUT2D eigenvalue weighted by Crippen LogP contribution is -2.53. The first-order chi connectivity index (χ1) is 9.68. The van der Waals surface area contributed by atoms with Crippen LogP contribution in [0.15, 0.2) is 0 Å². The summed E-state index contributed by atoms with van der Waals surface area (Å²) in [7, 11) is 0. The molecule has 3 atom stereocenters. The third kappa shape index (κ3) is 7.22. The smallest absolute Gasteiger partial charge is 0.328 e. The van der Waals surface area contributed by atoms with Crippen LogP contribution in [0.25, 0.3) is 0 Å². The molecular weight excluding hydrogens is 284 g/mol. The Morgan fingerprint density at radius 2 is 1.67 bits per heavy atom. The van der Waals surface area contributed by atoms with Gasteiger partial charge in [0.25, 0.3) is 0 Å². The normalized spacial score (nSPS) is 14.5. The molecule has 10 nitrogen and oxygen atoms in total. The molecule has 0 radical (unpaired) electrons. The Morgan fingerprint density at radius 1 is 1.10 bits per heavy atom. The van der Waals surface area contributed by atoms with Crippen LogP contribution in [0.1, 0.15) is 13.8 Å². The second-order valence-electron chi connectivity index (χ2n) is 4.38. The van der Waals surface area contributed by atoms with E-state index in [1.807, 2.05) is 5.32 Å². The van der Waals surface area contributed by atoms with Crippen molar-refractivity contribution in [2.75, 3.05) is 13.2 Å². The molecule has 3 amide bonds. The van der Waals surface area contributed by atoms with Crippen molar-refractivity contribution < 1.29 is 29.4 Å². The van der Waals surface area contributed by atoms with Crippen LogP contribution < -0.4 is 21.7 Å². The van der Waals surface area contributed by atoms with E-state index in [4.69, 9.17) is 15.9 Å². The SMILES string of the molecule is CC(N)C(=O)NCC(=O)NC(C)C(=O)NC(CO)C(=O)O. The van der Waals surface area contributed by atoms with Gasteiger partial charge in [-0.15, -0.1) is 0 Å². The Morgan fingerprint density at radius 3 is 2.10 bits per heavy atom. The lowest BCUT2D eigenvalue weighted by molar-refractivity contribution is -0.143. The van der Waals surface area contributed by atoms with Crippen LogP contribution >= 0.6 is 0 Å². The minimum absolute atomic E-state index is 0.361. The van der Waals surface area contributed by atoms with E-state index in [-0.39, 0.29) is 6.54 Å². The van der Waals surface area contributed by atoms with Crippen molar-refractivity contribution in [1.82, 2.24) is 16.0 Å². The lowest BCUT2D eigenvalue weighted by Gasteiger charge is -2.17. The highest BCUT2D eigenvalue weighted by atomic mass is 16.4. The van der Waals surface area contributed by atoms with E-state index in [1.54, 1.807) is 0 Å². The first-order valence-corrected chi connectivity index (χ1v) is 6.15. The van der Waals surface area contributed by atoms with Crippen LogP contribution in [-0.4, -0.2) is 65.2 Å². The molecule has 21 heavy (non-hydrogen) atoms. The number of amides is 3. The minimum Gasteiger partial charge on any atom is -0.480 e. The predicted octanol–water partition coefficient (Wildman–Crippen LogP) is -3.48. The Balaban J connectivity index is 4.25. The van der Waals surface area contributed by atoms with Crippen molar-refractivity contribution in [2.45, 2.75) is 32.0 Å². The fourth-order valence-electron chi connectivity index (χ4n) is 1.17. The molecule has 120 valence electrons. The molecular formula is C11H20N4O6. The highest BCUT2D eigenvalue weighted by molar-refractivity contribution is 5.92. The first kappa shape index (κ1) is 18.8. The number of aliphatic carboxylic acids is 1. The van der Waals surface area contributed by atoms with Crippen molar-refractivity contribution in [2.24, 2.45) is 5.73 Å². The Bertz CT molecular complexity index is 412. The predicted molar refractivity (Wildman–Crippen MR) is 70.9 cm³/mol. The van der Waals surface area contributed by atoms with E-state index in [0.29, 0.717) is 0 Å². The third-order valence-corrected chi connectivity index (χ3v) is 2.40. The quantitative estimate of drug-likeness (QED) is 0.270. The summed E-state index contributed by atoms with van der Waals surface area (Å²) in [4.78, 5) is 44.8. The summed E-state index contributed by atoms with van der Waals surface area (Å²) >= 11 is 0. The van der Waals surface area contributed by atoms with Gasteiger partial charge in [-0.1, -0.05) is 0 Å². The number of nitrogens with one attached hydrogen (secondary N) is 3. The summed E-state index contributed by atoms with van der Waals surface area (Å²) < 4.78 is 0. The monoisotopic (exact) mass is 304 g/mol. The molecule has 0 heterocycles. The molecule has 0 aliphatic rings. The van der Waals surface area contributed by atoms with Crippen LogP contribution in [-0.2, 0) is 19.2 Å². The first-order valence-electron chi connectivity index (χ1n) is 6.15. The maximum absolute atomic E-state index is 11.6. The molecule has 0 aromatic carbocycles. The van der Waals surface area contributed by atoms with Crippen molar-refractivity contribution >= 4 is 23.7 Å². The number of hydrogen-bond donors (Lipinski definition) is 6. The van der Waals surface area contributed by atoms with Crippen LogP contribution in [0.3, 0.4) is 0 Å². The molecule has 0 saturated carbocycles. The number of carboxylic acid groups (broad SMARTS) is 1. The fourth-order valence-corrected chi connectivity index (χ4v) is 1.17. The molecule has 0 fully saturated rings. The highest BCUT2D eigenvalue weighted by Crippen LogP contribution is 1.88. The molecule has 0 saturated heterocycles. The molecule has 0 spiro atoms. The number of aliphatic hydroxyl groups excluding tert-OH is 1. The van der Waals surface area contributed by atoms with Gasteiger partial charge in [-0.05, 0) is 13.8 Å². The summed E-state index contributed by atoms with van der Waals surface area (Å²) in [5, 5.41) is 24.0. The van der Waals surface area contributed by atoms with E-state index in [1.165, 1.54) is 13.8 Å². The van der Waals surface area contributed by atoms with Crippen LogP contribution in [0, 0.1) is 0 Å². The van der Waals surface area contributed by atoms with Gasteiger partial charge in [0.1, 0.15) is 12.1 Å². The van der Waals surface area contributed by atoms with Crippen LogP contribution in [0.4, 0.5) is 0 Å². The van der Waals surface area contributed by atoms with Gasteiger partial charge in [0.15, 0.2) is 0 Å². The van der Waals surface area contributed by atoms with E-state index in [9.17, 15) is 19.2 Å². The molecule has 7 N–H and O–H groups in total. The minimum atomic E-state index is -1.45. The number of nitrogens with two attached hydrogens (primary N) is 1. The van der Waals surface area contributed by atoms with Gasteiger partial charge in [-0.25, -0.2) is 4.79 Å². The maximum atomic E-state index is 11.6. The standard InChI is InChI=1S/C11H20N4O6/c1-5(12)9(18)13-3-8(17)14-6(2)10(19)15-7(4-16)11(20)21/h5-7,16H,3-4,12H2,1-2H3,(H,13,18)(H,14,17)(H,15,19)(H,20,21). The zero-order valence-corrected chi connectivity index (χ0v) is 11.8. The number of carbonyl (C=O) groups excluding carboxylic acids is 3. The zero-order chi connectivity index (χ0) is 16.6. The zero-order valence-electron chi connectivity index (χ0n) is 11.8. The summed E-state index contributed by atoms with van der Waals surface area (Å²) in [6.45, 7) is 1.65. The Labute approximate surface area is 121 Å². The van der Waals surface area contributed by atoms with E-state index >= 15 is 0 Å². The largest absolute Gasteiger partial charge is 0.480 e. The van der Waals surface area contributed by atoms with Gasteiger partial charge in [0, 0.05) is 0 Å². The summed E-state index contributed by atoms with van der Waals surface area (Å²) in [6, 6.07) is -3.24. The number of carbonyl (C=O) groups is 4. The number of carboxylic acids is 1. The van der Waals surface area contributed by atoms with Gasteiger partial charge in [0.05, 0.1) is 19.2 Å². The topological polar surface area (TPSA) is 171 Å². The fraction of sp³-hybridized carbons (Fsp3) is 0.636. The number of rotatable bonds is 8. The highest BCUT2D eigenvalue weighted by Gasteiger charge is 2.23. The van der Waals surface area contributed by atoms with Crippen LogP contribution in [0.5, 0.6) is 0 Å². The summed E-state index contributed by atoms with van der Waals surface area (Å²) in [5.74, 6) is -3.33. The third-order valence-electron chi connectivity index (χ3n) is 2.40. The second kappa shape index (κ2) is 8.87. The molecule has 3 unspecified atom stereocenters. The summed E-state index contributed by atoms with van der Waals surface area (Å²) in [6.07, 6.45) is 0. The molecule has 0 aliphatic carbocycles. The van der Waals surface area contributed by atoms with Gasteiger partial charge in [0.2, 0.25) is 17.7 Å².